The van der Waals surface area contributed by atoms with Gasteiger partial charge in [-0.25, -0.2) is 4.79 Å². The maximum Gasteiger partial charge on any atom is 0.317 e. The fraction of sp³-hybridized carbons (Fsp3) is 0.412. The van der Waals surface area contributed by atoms with E-state index in [4.69, 9.17) is 0 Å². The Morgan fingerprint density at radius 2 is 2.09 bits per heavy atom. The molecule has 2 aromatic rings. The number of nitrogens with one attached hydrogen (secondary N) is 1. The monoisotopic (exact) mass is 298 g/mol. The summed E-state index contributed by atoms with van der Waals surface area (Å²) in [6.07, 6.45) is 7.20. The number of aromatic nitrogens is 2. The molecule has 1 heterocycles. The Labute approximate surface area is 130 Å². The zero-order chi connectivity index (χ0) is 15.4. The Morgan fingerprint density at radius 1 is 1.32 bits per heavy atom. The van der Waals surface area contributed by atoms with Gasteiger partial charge in [-0.05, 0) is 36.5 Å². The summed E-state index contributed by atoms with van der Waals surface area (Å²) >= 11 is 0. The second kappa shape index (κ2) is 6.64. The first-order valence-corrected chi connectivity index (χ1v) is 7.79. The molecule has 0 atom stereocenters. The molecule has 1 aliphatic carbocycles. The van der Waals surface area contributed by atoms with E-state index in [2.05, 4.69) is 22.5 Å². The first-order valence-electron chi connectivity index (χ1n) is 7.79. The van der Waals surface area contributed by atoms with E-state index >= 15 is 0 Å². The molecule has 5 nitrogen and oxygen atoms in total. The van der Waals surface area contributed by atoms with Crippen molar-refractivity contribution in [3.63, 3.8) is 0 Å². The molecule has 1 aliphatic rings. The highest BCUT2D eigenvalue weighted by Crippen LogP contribution is 2.23. The minimum Gasteiger partial charge on any atom is -0.334 e. The number of carbonyl (C=O) groups excluding carboxylic acids is 1. The van der Waals surface area contributed by atoms with Crippen LogP contribution in [0.4, 0.5) is 4.79 Å². The molecular weight excluding hydrogens is 276 g/mol. The quantitative estimate of drug-likeness (QED) is 0.922. The molecule has 0 spiro atoms. The first kappa shape index (κ1) is 14.6. The van der Waals surface area contributed by atoms with Gasteiger partial charge >= 0.3 is 6.03 Å². The molecule has 0 saturated heterocycles. The Balaban J connectivity index is 1.61. The zero-order valence-corrected chi connectivity index (χ0v) is 12.9. The summed E-state index contributed by atoms with van der Waals surface area (Å²) in [4.78, 5) is 14.0. The minimum absolute atomic E-state index is 0.0126. The largest absolute Gasteiger partial charge is 0.334 e. The third kappa shape index (κ3) is 3.30. The fourth-order valence-electron chi connectivity index (χ4n) is 2.69. The smallest absolute Gasteiger partial charge is 0.317 e. The van der Waals surface area contributed by atoms with Crippen molar-refractivity contribution < 1.29 is 4.79 Å². The Bertz CT molecular complexity index is 619. The molecule has 5 heteroatoms. The van der Waals surface area contributed by atoms with Crippen LogP contribution in [-0.2, 0) is 13.1 Å². The number of hydrogen-bond acceptors (Lipinski definition) is 2. The number of carbonyl (C=O) groups is 1. The van der Waals surface area contributed by atoms with Crippen molar-refractivity contribution >= 4 is 6.03 Å². The van der Waals surface area contributed by atoms with Crippen molar-refractivity contribution in [3.8, 4) is 0 Å². The van der Waals surface area contributed by atoms with E-state index in [1.807, 2.05) is 41.0 Å². The topological polar surface area (TPSA) is 50.2 Å². The summed E-state index contributed by atoms with van der Waals surface area (Å²) < 4.78 is 1.89. The number of amides is 2. The lowest BCUT2D eigenvalue weighted by Crippen LogP contribution is -2.46. The molecule has 0 unspecified atom stereocenters. The maximum absolute atomic E-state index is 12.2. The molecule has 1 fully saturated rings. The van der Waals surface area contributed by atoms with Crippen molar-refractivity contribution in [2.45, 2.75) is 38.4 Å². The SMILES string of the molecule is CN(C(=O)NCc1ccccc1Cn1cccn1)C1CCC1. The maximum atomic E-state index is 12.2. The molecule has 0 radical (unpaired) electrons. The summed E-state index contributed by atoms with van der Waals surface area (Å²) in [5, 5.41) is 7.26. The van der Waals surface area contributed by atoms with Gasteiger partial charge in [-0.2, -0.15) is 5.10 Å². The highest BCUT2D eigenvalue weighted by molar-refractivity contribution is 5.74. The lowest BCUT2D eigenvalue weighted by Gasteiger charge is -2.34. The van der Waals surface area contributed by atoms with E-state index in [1.54, 1.807) is 6.20 Å². The number of rotatable bonds is 5. The highest BCUT2D eigenvalue weighted by Gasteiger charge is 2.25. The molecule has 2 amide bonds. The van der Waals surface area contributed by atoms with Crippen LogP contribution in [0.1, 0.15) is 30.4 Å². The molecule has 3 rings (SSSR count). The van der Waals surface area contributed by atoms with Gasteiger partial charge < -0.3 is 10.2 Å². The van der Waals surface area contributed by atoms with E-state index in [0.717, 1.165) is 24.9 Å². The molecular formula is C17H22N4O. The van der Waals surface area contributed by atoms with Crippen LogP contribution in [0.25, 0.3) is 0 Å². The molecule has 0 bridgehead atoms. The Hall–Kier alpha value is -2.30. The van der Waals surface area contributed by atoms with Crippen molar-refractivity contribution in [1.82, 2.24) is 20.0 Å². The predicted octanol–water partition coefficient (Wildman–Crippen LogP) is 2.63. The van der Waals surface area contributed by atoms with E-state index in [0.29, 0.717) is 12.6 Å². The second-order valence-corrected chi connectivity index (χ2v) is 5.83. The Morgan fingerprint density at radius 3 is 2.73 bits per heavy atom. The summed E-state index contributed by atoms with van der Waals surface area (Å²) in [7, 11) is 1.88. The minimum atomic E-state index is 0.0126. The molecule has 1 saturated carbocycles. The van der Waals surface area contributed by atoms with Crippen molar-refractivity contribution in [3.05, 3.63) is 53.9 Å². The fourth-order valence-corrected chi connectivity index (χ4v) is 2.69. The van der Waals surface area contributed by atoms with Crippen molar-refractivity contribution in [1.29, 1.82) is 0 Å². The average Bonchev–Trinajstić information content (AvgIpc) is 2.97. The van der Waals surface area contributed by atoms with Gasteiger partial charge in [0.25, 0.3) is 0 Å². The summed E-state index contributed by atoms with van der Waals surface area (Å²) in [5.41, 5.74) is 2.31. The van der Waals surface area contributed by atoms with E-state index in [-0.39, 0.29) is 6.03 Å². The van der Waals surface area contributed by atoms with Crippen LogP contribution in [-0.4, -0.2) is 33.8 Å². The van der Waals surface area contributed by atoms with Gasteiger partial charge in [0.1, 0.15) is 0 Å². The molecule has 116 valence electrons. The van der Waals surface area contributed by atoms with Crippen LogP contribution >= 0.6 is 0 Å². The molecule has 1 aromatic carbocycles. The van der Waals surface area contributed by atoms with Crippen LogP contribution in [0.15, 0.2) is 42.7 Å². The number of urea groups is 1. The van der Waals surface area contributed by atoms with Crippen LogP contribution in [0.2, 0.25) is 0 Å². The summed E-state index contributed by atoms with van der Waals surface area (Å²) in [6, 6.07) is 10.5. The number of nitrogens with zero attached hydrogens (tertiary/aromatic N) is 3. The van der Waals surface area contributed by atoms with Crippen molar-refractivity contribution in [2.24, 2.45) is 0 Å². The molecule has 1 aromatic heterocycles. The molecule has 1 N–H and O–H groups in total. The number of benzene rings is 1. The standard InChI is InChI=1S/C17H22N4O/c1-20(16-8-4-9-16)17(22)18-12-14-6-2-3-7-15(14)13-21-11-5-10-19-21/h2-3,5-7,10-11,16H,4,8-9,12-13H2,1H3,(H,18,22). The summed E-state index contributed by atoms with van der Waals surface area (Å²) in [6.45, 7) is 1.27. The van der Waals surface area contributed by atoms with Crippen LogP contribution < -0.4 is 5.32 Å². The van der Waals surface area contributed by atoms with Gasteiger partial charge in [-0.15, -0.1) is 0 Å². The highest BCUT2D eigenvalue weighted by atomic mass is 16.2. The van der Waals surface area contributed by atoms with Gasteiger partial charge in [-0.3, -0.25) is 4.68 Å². The summed E-state index contributed by atoms with van der Waals surface area (Å²) in [5.74, 6) is 0. The van der Waals surface area contributed by atoms with Gasteiger partial charge in [0.2, 0.25) is 0 Å². The molecule has 22 heavy (non-hydrogen) atoms. The van der Waals surface area contributed by atoms with E-state index in [9.17, 15) is 4.79 Å². The van der Waals surface area contributed by atoms with Gasteiger partial charge in [-0.1, -0.05) is 24.3 Å². The normalized spacial score (nSPS) is 14.4. The van der Waals surface area contributed by atoms with Crippen molar-refractivity contribution in [2.75, 3.05) is 7.05 Å². The zero-order valence-electron chi connectivity index (χ0n) is 12.9. The lowest BCUT2D eigenvalue weighted by molar-refractivity contribution is 0.157. The van der Waals surface area contributed by atoms with Crippen LogP contribution in [0, 0.1) is 0 Å². The molecule has 0 aliphatic heterocycles. The Kier molecular flexibility index (Phi) is 4.42. The van der Waals surface area contributed by atoms with Gasteiger partial charge in [0, 0.05) is 32.0 Å². The third-order valence-corrected chi connectivity index (χ3v) is 4.38. The predicted molar refractivity (Wildman–Crippen MR) is 85.4 cm³/mol. The van der Waals surface area contributed by atoms with E-state index < -0.39 is 0 Å². The third-order valence-electron chi connectivity index (χ3n) is 4.38. The van der Waals surface area contributed by atoms with Crippen LogP contribution in [0.3, 0.4) is 0 Å². The van der Waals surface area contributed by atoms with Crippen LogP contribution in [0.5, 0.6) is 0 Å². The van der Waals surface area contributed by atoms with Gasteiger partial charge in [0.15, 0.2) is 0 Å². The second-order valence-electron chi connectivity index (χ2n) is 5.83. The lowest BCUT2D eigenvalue weighted by atomic mass is 9.92. The van der Waals surface area contributed by atoms with E-state index in [1.165, 1.54) is 12.0 Å². The first-order chi connectivity index (χ1) is 10.7. The number of hydrogen-bond donors (Lipinski definition) is 1. The average molecular weight is 298 g/mol. The van der Waals surface area contributed by atoms with Gasteiger partial charge in [0.05, 0.1) is 6.54 Å².